The maximum atomic E-state index is 6.35. The lowest BCUT2D eigenvalue weighted by atomic mass is 9.94. The topological polar surface area (TPSA) is 44.5 Å². The SMILES string of the molecule is COc1ccc(Cl)c(C2(CN)CC2)c1OC(C)C. The molecule has 0 saturated heterocycles. The van der Waals surface area contributed by atoms with E-state index in [1.807, 2.05) is 26.0 Å². The van der Waals surface area contributed by atoms with Gasteiger partial charge in [-0.1, -0.05) is 11.6 Å². The molecule has 0 aromatic heterocycles. The quantitative estimate of drug-likeness (QED) is 0.893. The van der Waals surface area contributed by atoms with Crippen LogP contribution in [0.25, 0.3) is 0 Å². The van der Waals surface area contributed by atoms with E-state index in [0.29, 0.717) is 6.54 Å². The van der Waals surface area contributed by atoms with Gasteiger partial charge in [-0.05, 0) is 38.8 Å². The molecule has 18 heavy (non-hydrogen) atoms. The van der Waals surface area contributed by atoms with Gasteiger partial charge in [-0.25, -0.2) is 0 Å². The van der Waals surface area contributed by atoms with Crippen LogP contribution >= 0.6 is 11.6 Å². The van der Waals surface area contributed by atoms with E-state index in [4.69, 9.17) is 26.8 Å². The van der Waals surface area contributed by atoms with E-state index in [1.165, 1.54) is 0 Å². The predicted molar refractivity (Wildman–Crippen MR) is 73.7 cm³/mol. The third-order valence-electron chi connectivity index (χ3n) is 3.42. The van der Waals surface area contributed by atoms with Gasteiger partial charge in [-0.3, -0.25) is 0 Å². The molecular formula is C14H20ClNO2. The molecule has 4 heteroatoms. The zero-order chi connectivity index (χ0) is 13.3. The zero-order valence-electron chi connectivity index (χ0n) is 11.1. The van der Waals surface area contributed by atoms with Crippen LogP contribution in [0.3, 0.4) is 0 Å². The molecule has 1 aliphatic rings. The van der Waals surface area contributed by atoms with Gasteiger partial charge in [-0.15, -0.1) is 0 Å². The van der Waals surface area contributed by atoms with E-state index >= 15 is 0 Å². The molecule has 0 atom stereocenters. The first-order chi connectivity index (χ1) is 8.54. The molecule has 0 heterocycles. The van der Waals surface area contributed by atoms with Crippen LogP contribution in [0.1, 0.15) is 32.3 Å². The highest BCUT2D eigenvalue weighted by atomic mass is 35.5. The minimum atomic E-state index is -0.0180. The van der Waals surface area contributed by atoms with Crippen LogP contribution in [0.2, 0.25) is 5.02 Å². The summed E-state index contributed by atoms with van der Waals surface area (Å²) < 4.78 is 11.3. The van der Waals surface area contributed by atoms with Crippen molar-refractivity contribution in [2.24, 2.45) is 5.73 Å². The Hall–Kier alpha value is -0.930. The van der Waals surface area contributed by atoms with Crippen LogP contribution in [0.4, 0.5) is 0 Å². The Morgan fingerprint density at radius 3 is 2.50 bits per heavy atom. The second-order valence-corrected chi connectivity index (χ2v) is 5.51. The Kier molecular flexibility index (Phi) is 3.74. The molecule has 0 spiro atoms. The van der Waals surface area contributed by atoms with Crippen LogP contribution in [-0.2, 0) is 5.41 Å². The van der Waals surface area contributed by atoms with Crippen molar-refractivity contribution in [1.82, 2.24) is 0 Å². The van der Waals surface area contributed by atoms with E-state index in [-0.39, 0.29) is 11.5 Å². The number of ether oxygens (including phenoxy) is 2. The van der Waals surface area contributed by atoms with Gasteiger partial charge in [0.15, 0.2) is 11.5 Å². The zero-order valence-corrected chi connectivity index (χ0v) is 11.9. The van der Waals surface area contributed by atoms with Crippen LogP contribution in [-0.4, -0.2) is 19.8 Å². The Morgan fingerprint density at radius 1 is 1.39 bits per heavy atom. The Morgan fingerprint density at radius 2 is 2.06 bits per heavy atom. The summed E-state index contributed by atoms with van der Waals surface area (Å²) in [4.78, 5) is 0. The predicted octanol–water partition coefficient (Wildman–Crippen LogP) is 3.13. The van der Waals surface area contributed by atoms with Gasteiger partial charge in [0.1, 0.15) is 0 Å². The smallest absolute Gasteiger partial charge is 0.166 e. The fraction of sp³-hybridized carbons (Fsp3) is 0.571. The largest absolute Gasteiger partial charge is 0.493 e. The number of hydrogen-bond acceptors (Lipinski definition) is 3. The molecule has 1 saturated carbocycles. The molecule has 0 radical (unpaired) electrons. The van der Waals surface area contributed by atoms with E-state index in [2.05, 4.69) is 0 Å². The number of rotatable bonds is 5. The highest BCUT2D eigenvalue weighted by Crippen LogP contribution is 2.55. The first-order valence-corrected chi connectivity index (χ1v) is 6.65. The minimum Gasteiger partial charge on any atom is -0.493 e. The number of hydrogen-bond donors (Lipinski definition) is 1. The standard InChI is InChI=1S/C14H20ClNO2/c1-9(2)18-13-11(17-3)5-4-10(15)12(13)14(8-16)6-7-14/h4-5,9H,6-8,16H2,1-3H3. The third kappa shape index (κ3) is 2.29. The fourth-order valence-electron chi connectivity index (χ4n) is 2.25. The van der Waals surface area contributed by atoms with Crippen molar-refractivity contribution in [3.05, 3.63) is 22.7 Å². The second kappa shape index (κ2) is 4.98. The number of methoxy groups -OCH3 is 1. The van der Waals surface area contributed by atoms with Crippen molar-refractivity contribution < 1.29 is 9.47 Å². The second-order valence-electron chi connectivity index (χ2n) is 5.10. The summed E-state index contributed by atoms with van der Waals surface area (Å²) in [6.07, 6.45) is 2.19. The van der Waals surface area contributed by atoms with E-state index in [0.717, 1.165) is 34.9 Å². The number of nitrogens with two attached hydrogens (primary N) is 1. The number of benzene rings is 1. The van der Waals surface area contributed by atoms with E-state index in [1.54, 1.807) is 7.11 Å². The van der Waals surface area contributed by atoms with Crippen molar-refractivity contribution in [1.29, 1.82) is 0 Å². The molecule has 0 aliphatic heterocycles. The summed E-state index contributed by atoms with van der Waals surface area (Å²) in [6.45, 7) is 4.58. The van der Waals surface area contributed by atoms with Crippen LogP contribution < -0.4 is 15.2 Å². The van der Waals surface area contributed by atoms with Crippen LogP contribution in [0, 0.1) is 0 Å². The van der Waals surface area contributed by atoms with Gasteiger partial charge in [0.25, 0.3) is 0 Å². The summed E-state index contributed by atoms with van der Waals surface area (Å²) in [5, 5.41) is 0.717. The fourth-order valence-corrected chi connectivity index (χ4v) is 2.60. The van der Waals surface area contributed by atoms with Gasteiger partial charge in [0, 0.05) is 22.5 Å². The molecule has 0 amide bonds. The van der Waals surface area contributed by atoms with Crippen molar-refractivity contribution in [2.45, 2.75) is 38.2 Å². The van der Waals surface area contributed by atoms with Crippen molar-refractivity contribution >= 4 is 11.6 Å². The Labute approximate surface area is 113 Å². The molecular weight excluding hydrogens is 250 g/mol. The molecule has 2 N–H and O–H groups in total. The highest BCUT2D eigenvalue weighted by molar-refractivity contribution is 6.31. The molecule has 1 aromatic carbocycles. The van der Waals surface area contributed by atoms with E-state index in [9.17, 15) is 0 Å². The molecule has 0 unspecified atom stereocenters. The third-order valence-corrected chi connectivity index (χ3v) is 3.73. The maximum absolute atomic E-state index is 6.35. The van der Waals surface area contributed by atoms with Crippen molar-refractivity contribution in [2.75, 3.05) is 13.7 Å². The summed E-state index contributed by atoms with van der Waals surface area (Å²) in [5.41, 5.74) is 6.90. The van der Waals surface area contributed by atoms with Gasteiger partial charge < -0.3 is 15.2 Å². The molecule has 2 rings (SSSR count). The highest BCUT2D eigenvalue weighted by Gasteiger charge is 2.47. The monoisotopic (exact) mass is 269 g/mol. The number of halogens is 1. The van der Waals surface area contributed by atoms with Gasteiger partial charge in [0.05, 0.1) is 13.2 Å². The molecule has 1 fully saturated rings. The summed E-state index contributed by atoms with van der Waals surface area (Å²) in [6, 6.07) is 3.70. The molecule has 1 aliphatic carbocycles. The van der Waals surface area contributed by atoms with Gasteiger partial charge in [-0.2, -0.15) is 0 Å². The minimum absolute atomic E-state index is 0.0180. The van der Waals surface area contributed by atoms with Crippen molar-refractivity contribution in [3.8, 4) is 11.5 Å². The Bertz CT molecular complexity index is 442. The molecule has 100 valence electrons. The van der Waals surface area contributed by atoms with Crippen LogP contribution in [0.5, 0.6) is 11.5 Å². The van der Waals surface area contributed by atoms with E-state index < -0.39 is 0 Å². The van der Waals surface area contributed by atoms with Crippen LogP contribution in [0.15, 0.2) is 12.1 Å². The molecule has 0 bridgehead atoms. The van der Waals surface area contributed by atoms with Gasteiger partial charge >= 0.3 is 0 Å². The lowest BCUT2D eigenvalue weighted by Crippen LogP contribution is -2.22. The Balaban J connectivity index is 2.54. The average Bonchev–Trinajstić information content (AvgIpc) is 3.10. The van der Waals surface area contributed by atoms with Gasteiger partial charge in [0.2, 0.25) is 0 Å². The summed E-state index contributed by atoms with van der Waals surface area (Å²) in [5.74, 6) is 1.48. The summed E-state index contributed by atoms with van der Waals surface area (Å²) >= 11 is 6.35. The lowest BCUT2D eigenvalue weighted by Gasteiger charge is -2.23. The molecule has 1 aromatic rings. The first kappa shape index (κ1) is 13.5. The maximum Gasteiger partial charge on any atom is 0.166 e. The average molecular weight is 270 g/mol. The summed E-state index contributed by atoms with van der Waals surface area (Å²) in [7, 11) is 1.64. The lowest BCUT2D eigenvalue weighted by molar-refractivity contribution is 0.226. The first-order valence-electron chi connectivity index (χ1n) is 6.28. The van der Waals surface area contributed by atoms with Crippen molar-refractivity contribution in [3.63, 3.8) is 0 Å². The molecule has 3 nitrogen and oxygen atoms in total. The normalized spacial score (nSPS) is 16.8.